The summed E-state index contributed by atoms with van der Waals surface area (Å²) in [6.45, 7) is 4.82. The van der Waals surface area contributed by atoms with E-state index in [2.05, 4.69) is 6.07 Å². The van der Waals surface area contributed by atoms with Crippen LogP contribution < -0.4 is 0 Å². The number of amides is 1. The highest BCUT2D eigenvalue weighted by Crippen LogP contribution is 2.50. The van der Waals surface area contributed by atoms with E-state index in [-0.39, 0.29) is 23.8 Å². The monoisotopic (exact) mass is 315 g/mol. The smallest absolute Gasteiger partial charge is 0.305 e. The van der Waals surface area contributed by atoms with Crippen molar-refractivity contribution in [2.45, 2.75) is 58.4 Å². The molecule has 1 amide bonds. The van der Waals surface area contributed by atoms with E-state index < -0.39 is 5.97 Å². The Kier molecular flexibility index (Phi) is 4.17. The van der Waals surface area contributed by atoms with Crippen molar-refractivity contribution in [3.63, 3.8) is 0 Å². The van der Waals surface area contributed by atoms with E-state index in [1.54, 1.807) is 0 Å². The fourth-order valence-corrected chi connectivity index (χ4v) is 4.19. The Morgan fingerprint density at radius 3 is 2.61 bits per heavy atom. The van der Waals surface area contributed by atoms with Gasteiger partial charge in [-0.05, 0) is 49.7 Å². The molecule has 1 aliphatic carbocycles. The summed E-state index contributed by atoms with van der Waals surface area (Å²) >= 11 is 0. The number of carbonyl (C=O) groups is 2. The van der Waals surface area contributed by atoms with E-state index >= 15 is 0 Å². The van der Waals surface area contributed by atoms with E-state index in [9.17, 15) is 9.59 Å². The van der Waals surface area contributed by atoms with Crippen molar-refractivity contribution in [3.8, 4) is 0 Å². The minimum atomic E-state index is -0.810. The Morgan fingerprint density at radius 1 is 1.30 bits per heavy atom. The largest absolute Gasteiger partial charge is 0.481 e. The van der Waals surface area contributed by atoms with Gasteiger partial charge in [-0.3, -0.25) is 9.59 Å². The molecule has 1 aromatic rings. The van der Waals surface area contributed by atoms with Crippen LogP contribution in [0.15, 0.2) is 18.2 Å². The first-order valence-corrected chi connectivity index (χ1v) is 8.46. The summed E-state index contributed by atoms with van der Waals surface area (Å²) < 4.78 is 0. The van der Waals surface area contributed by atoms with Crippen molar-refractivity contribution in [1.82, 2.24) is 4.90 Å². The van der Waals surface area contributed by atoms with Crippen LogP contribution in [-0.2, 0) is 16.0 Å². The number of nitrogens with zero attached hydrogens (tertiary/aromatic N) is 1. The molecule has 0 radical (unpaired) electrons. The van der Waals surface area contributed by atoms with Crippen molar-refractivity contribution in [1.29, 1.82) is 0 Å². The van der Waals surface area contributed by atoms with Gasteiger partial charge in [0.15, 0.2) is 0 Å². The zero-order chi connectivity index (χ0) is 16.6. The predicted molar refractivity (Wildman–Crippen MR) is 88.3 cm³/mol. The molecular weight excluding hydrogens is 290 g/mol. The van der Waals surface area contributed by atoms with Crippen LogP contribution in [0.4, 0.5) is 0 Å². The zero-order valence-electron chi connectivity index (χ0n) is 14.0. The number of hydrogen-bond donors (Lipinski definition) is 1. The van der Waals surface area contributed by atoms with Crippen LogP contribution in [0.2, 0.25) is 0 Å². The maximum Gasteiger partial charge on any atom is 0.305 e. The van der Waals surface area contributed by atoms with Crippen molar-refractivity contribution < 1.29 is 14.7 Å². The molecule has 1 unspecified atom stereocenters. The standard InChI is InChI=1S/C19H25NO3/c1-13-4-5-15(14(2)8-13)9-17(21)20-12-19(6-3-7-19)11-16(20)10-18(22)23/h4-5,8,16H,3,6-7,9-12H2,1-2H3,(H,22,23). The highest BCUT2D eigenvalue weighted by Gasteiger charge is 2.49. The Balaban J connectivity index is 1.74. The SMILES string of the molecule is Cc1ccc(CC(=O)N2CC3(CCC3)CC2CC(=O)O)c(C)c1. The summed E-state index contributed by atoms with van der Waals surface area (Å²) in [5.74, 6) is -0.734. The molecule has 124 valence electrons. The van der Waals surface area contributed by atoms with Crippen molar-refractivity contribution in [2.75, 3.05) is 6.54 Å². The summed E-state index contributed by atoms with van der Waals surface area (Å²) in [7, 11) is 0. The molecule has 3 rings (SSSR count). The second-order valence-electron chi connectivity index (χ2n) is 7.44. The lowest BCUT2D eigenvalue weighted by Gasteiger charge is -2.37. The molecule has 4 nitrogen and oxygen atoms in total. The van der Waals surface area contributed by atoms with Crippen molar-refractivity contribution in [3.05, 3.63) is 34.9 Å². The van der Waals surface area contributed by atoms with Gasteiger partial charge in [-0.15, -0.1) is 0 Å². The first kappa shape index (κ1) is 16.0. The molecule has 2 aliphatic rings. The lowest BCUT2D eigenvalue weighted by atomic mass is 9.67. The van der Waals surface area contributed by atoms with Gasteiger partial charge in [-0.2, -0.15) is 0 Å². The van der Waals surface area contributed by atoms with Crippen LogP contribution in [0, 0.1) is 19.3 Å². The molecule has 1 saturated carbocycles. The van der Waals surface area contributed by atoms with Gasteiger partial charge in [-0.1, -0.05) is 30.2 Å². The van der Waals surface area contributed by atoms with Crippen LogP contribution >= 0.6 is 0 Å². The summed E-state index contributed by atoms with van der Waals surface area (Å²) in [5.41, 5.74) is 3.57. The fraction of sp³-hybridized carbons (Fsp3) is 0.579. The summed E-state index contributed by atoms with van der Waals surface area (Å²) in [5, 5.41) is 9.16. The van der Waals surface area contributed by atoms with E-state index in [1.165, 1.54) is 12.0 Å². The average molecular weight is 315 g/mol. The molecule has 1 aliphatic heterocycles. The first-order valence-electron chi connectivity index (χ1n) is 8.46. The number of hydrogen-bond acceptors (Lipinski definition) is 2. The van der Waals surface area contributed by atoms with Crippen LogP contribution in [0.3, 0.4) is 0 Å². The average Bonchev–Trinajstić information content (AvgIpc) is 2.81. The third kappa shape index (κ3) is 3.26. The molecule has 23 heavy (non-hydrogen) atoms. The topological polar surface area (TPSA) is 57.6 Å². The van der Waals surface area contributed by atoms with E-state index in [0.717, 1.165) is 36.9 Å². The Bertz CT molecular complexity index is 634. The molecule has 1 N–H and O–H groups in total. The molecule has 1 atom stereocenters. The van der Waals surface area contributed by atoms with Crippen molar-refractivity contribution >= 4 is 11.9 Å². The van der Waals surface area contributed by atoms with Gasteiger partial charge in [0.1, 0.15) is 0 Å². The highest BCUT2D eigenvalue weighted by molar-refractivity contribution is 5.81. The number of rotatable bonds is 4. The van der Waals surface area contributed by atoms with Gasteiger partial charge >= 0.3 is 5.97 Å². The van der Waals surface area contributed by atoms with Gasteiger partial charge in [0, 0.05) is 12.6 Å². The van der Waals surface area contributed by atoms with Gasteiger partial charge in [-0.25, -0.2) is 0 Å². The number of aryl methyl sites for hydroxylation is 2. The van der Waals surface area contributed by atoms with E-state index in [0.29, 0.717) is 6.42 Å². The number of aliphatic carboxylic acids is 1. The molecule has 2 fully saturated rings. The summed E-state index contributed by atoms with van der Waals surface area (Å²) in [4.78, 5) is 25.8. The lowest BCUT2D eigenvalue weighted by Crippen LogP contribution is -2.39. The molecule has 1 saturated heterocycles. The summed E-state index contributed by atoms with van der Waals surface area (Å²) in [6.07, 6.45) is 4.78. The maximum atomic E-state index is 12.8. The van der Waals surface area contributed by atoms with E-state index in [4.69, 9.17) is 5.11 Å². The van der Waals surface area contributed by atoms with Crippen LogP contribution in [0.25, 0.3) is 0 Å². The second-order valence-corrected chi connectivity index (χ2v) is 7.44. The molecule has 0 aromatic heterocycles. The first-order chi connectivity index (χ1) is 10.9. The molecule has 1 spiro atoms. The third-order valence-corrected chi connectivity index (χ3v) is 5.60. The minimum absolute atomic E-state index is 0.0698. The van der Waals surface area contributed by atoms with Crippen LogP contribution in [0.5, 0.6) is 0 Å². The van der Waals surface area contributed by atoms with E-state index in [1.807, 2.05) is 30.9 Å². The number of carbonyl (C=O) groups excluding carboxylic acids is 1. The molecule has 1 heterocycles. The van der Waals surface area contributed by atoms with Crippen LogP contribution in [-0.4, -0.2) is 34.5 Å². The quantitative estimate of drug-likeness (QED) is 0.929. The highest BCUT2D eigenvalue weighted by atomic mass is 16.4. The van der Waals surface area contributed by atoms with Crippen molar-refractivity contribution in [2.24, 2.45) is 5.41 Å². The predicted octanol–water partition coefficient (Wildman–Crippen LogP) is 3.09. The van der Waals surface area contributed by atoms with Gasteiger partial charge in [0.2, 0.25) is 5.91 Å². The maximum absolute atomic E-state index is 12.8. The van der Waals surface area contributed by atoms with Gasteiger partial charge in [0.25, 0.3) is 0 Å². The summed E-state index contributed by atoms with van der Waals surface area (Å²) in [6, 6.07) is 6.01. The molecular formula is C19H25NO3. The van der Waals surface area contributed by atoms with Gasteiger partial charge < -0.3 is 10.0 Å². The Morgan fingerprint density at radius 2 is 2.04 bits per heavy atom. The molecule has 1 aromatic carbocycles. The molecule has 4 heteroatoms. The van der Waals surface area contributed by atoms with Gasteiger partial charge in [0.05, 0.1) is 12.8 Å². The number of carboxylic acid groups (broad SMARTS) is 1. The van der Waals surface area contributed by atoms with Crippen LogP contribution in [0.1, 0.15) is 48.8 Å². The molecule has 0 bridgehead atoms. The zero-order valence-corrected chi connectivity index (χ0v) is 14.0. The normalized spacial score (nSPS) is 22.2. The Hall–Kier alpha value is -1.84. The minimum Gasteiger partial charge on any atom is -0.481 e. The number of benzene rings is 1. The Labute approximate surface area is 137 Å². The fourth-order valence-electron chi connectivity index (χ4n) is 4.19. The second kappa shape index (κ2) is 5.99. The lowest BCUT2D eigenvalue weighted by molar-refractivity contribution is -0.139. The number of carboxylic acids is 1. The third-order valence-electron chi connectivity index (χ3n) is 5.60. The number of likely N-dealkylation sites (tertiary alicyclic amines) is 1.